The van der Waals surface area contributed by atoms with Crippen molar-refractivity contribution in [2.75, 3.05) is 5.73 Å². The largest absolute Gasteiger partial charge is 0.395 e. The predicted octanol–water partition coefficient (Wildman–Crippen LogP) is 0.225. The number of nitrogens with zero attached hydrogens (tertiary/aromatic N) is 2. The zero-order chi connectivity index (χ0) is 10.2. The Morgan fingerprint density at radius 3 is 2.31 bits per heavy atom. The molecule has 0 bridgehead atoms. The second-order valence-corrected chi connectivity index (χ2v) is 3.29. The van der Waals surface area contributed by atoms with Crippen molar-refractivity contribution < 1.29 is 4.79 Å². The van der Waals surface area contributed by atoms with Gasteiger partial charge in [-0.15, -0.1) is 0 Å². The number of rotatable bonds is 2. The van der Waals surface area contributed by atoms with Crippen molar-refractivity contribution in [3.63, 3.8) is 0 Å². The minimum absolute atomic E-state index is 0.194. The lowest BCUT2D eigenvalue weighted by Gasteiger charge is -1.99. The summed E-state index contributed by atoms with van der Waals surface area (Å²) in [6.45, 7) is 3.92. The molecule has 0 saturated carbocycles. The highest BCUT2D eigenvalue weighted by molar-refractivity contribution is 5.96. The van der Waals surface area contributed by atoms with Gasteiger partial charge < -0.3 is 11.5 Å². The Kier molecular flexibility index (Phi) is 2.27. The summed E-state index contributed by atoms with van der Waals surface area (Å²) in [6.07, 6.45) is 0. The minimum Gasteiger partial charge on any atom is -0.395 e. The average Bonchev–Trinajstić information content (AvgIpc) is 2.26. The number of primary amides is 1. The van der Waals surface area contributed by atoms with E-state index in [1.54, 1.807) is 7.05 Å². The zero-order valence-electron chi connectivity index (χ0n) is 8.03. The van der Waals surface area contributed by atoms with Crippen molar-refractivity contribution in [2.24, 2.45) is 12.8 Å². The number of aryl methyl sites for hydroxylation is 1. The van der Waals surface area contributed by atoms with Crippen LogP contribution in [0.1, 0.15) is 35.9 Å². The van der Waals surface area contributed by atoms with E-state index in [1.165, 1.54) is 4.68 Å². The van der Waals surface area contributed by atoms with E-state index < -0.39 is 5.91 Å². The maximum atomic E-state index is 11.0. The number of nitrogens with two attached hydrogens (primary N) is 2. The van der Waals surface area contributed by atoms with Crippen molar-refractivity contribution >= 4 is 11.6 Å². The highest BCUT2D eigenvalue weighted by Crippen LogP contribution is 2.22. The summed E-state index contributed by atoms with van der Waals surface area (Å²) < 4.78 is 1.42. The van der Waals surface area contributed by atoms with Crippen LogP contribution in [0, 0.1) is 0 Å². The monoisotopic (exact) mass is 182 g/mol. The number of nitrogen functional groups attached to an aromatic ring is 1. The third-order valence-corrected chi connectivity index (χ3v) is 1.89. The topological polar surface area (TPSA) is 86.9 Å². The summed E-state index contributed by atoms with van der Waals surface area (Å²) >= 11 is 0. The predicted molar refractivity (Wildman–Crippen MR) is 50.2 cm³/mol. The molecule has 0 saturated heterocycles. The fraction of sp³-hybridized carbons (Fsp3) is 0.500. The van der Waals surface area contributed by atoms with Gasteiger partial charge in [0.1, 0.15) is 5.69 Å². The first-order valence-corrected chi connectivity index (χ1v) is 4.07. The van der Waals surface area contributed by atoms with Gasteiger partial charge in [0.05, 0.1) is 11.4 Å². The van der Waals surface area contributed by atoms with Crippen LogP contribution < -0.4 is 11.5 Å². The maximum Gasteiger partial charge on any atom is 0.269 e. The summed E-state index contributed by atoms with van der Waals surface area (Å²) in [5.74, 6) is -0.348. The van der Waals surface area contributed by atoms with E-state index in [2.05, 4.69) is 5.10 Å². The van der Waals surface area contributed by atoms with E-state index in [0.29, 0.717) is 5.69 Å². The molecule has 1 heterocycles. The summed E-state index contributed by atoms with van der Waals surface area (Å²) in [7, 11) is 1.66. The van der Waals surface area contributed by atoms with Gasteiger partial charge in [-0.3, -0.25) is 9.48 Å². The molecule has 0 unspecified atom stereocenters. The average molecular weight is 182 g/mol. The Labute approximate surface area is 76.7 Å². The number of hydrogen-bond acceptors (Lipinski definition) is 3. The number of carbonyl (C=O) groups excluding carboxylic acids is 1. The lowest BCUT2D eigenvalue weighted by molar-refractivity contribution is 0.0992. The van der Waals surface area contributed by atoms with Crippen LogP contribution in [-0.4, -0.2) is 15.7 Å². The first kappa shape index (κ1) is 9.57. The Hall–Kier alpha value is -1.52. The maximum absolute atomic E-state index is 11.0. The van der Waals surface area contributed by atoms with Gasteiger partial charge in [0.15, 0.2) is 0 Å². The van der Waals surface area contributed by atoms with Crippen LogP contribution in [0.4, 0.5) is 5.69 Å². The third kappa shape index (κ3) is 1.49. The molecule has 5 nitrogen and oxygen atoms in total. The van der Waals surface area contributed by atoms with Gasteiger partial charge in [-0.25, -0.2) is 0 Å². The molecule has 0 radical (unpaired) electrons. The summed E-state index contributed by atoms with van der Waals surface area (Å²) in [4.78, 5) is 11.0. The Morgan fingerprint density at radius 1 is 1.54 bits per heavy atom. The second-order valence-electron chi connectivity index (χ2n) is 3.29. The number of hydrogen-bond donors (Lipinski definition) is 2. The number of amides is 1. The molecule has 0 atom stereocenters. The van der Waals surface area contributed by atoms with E-state index in [0.717, 1.165) is 5.69 Å². The number of anilines is 1. The van der Waals surface area contributed by atoms with Gasteiger partial charge in [0.2, 0.25) is 0 Å². The first-order chi connectivity index (χ1) is 5.95. The normalized spacial score (nSPS) is 10.8. The Bertz CT molecular complexity index is 340. The molecule has 0 aliphatic carbocycles. The van der Waals surface area contributed by atoms with Crippen molar-refractivity contribution in [3.8, 4) is 0 Å². The fourth-order valence-corrected chi connectivity index (χ4v) is 1.28. The van der Waals surface area contributed by atoms with Gasteiger partial charge in [0.25, 0.3) is 5.91 Å². The molecule has 1 amide bonds. The summed E-state index contributed by atoms with van der Waals surface area (Å²) in [5.41, 5.74) is 12.3. The molecule has 0 fully saturated rings. The van der Waals surface area contributed by atoms with Crippen molar-refractivity contribution in [2.45, 2.75) is 19.8 Å². The minimum atomic E-state index is -0.542. The molecular weight excluding hydrogens is 168 g/mol. The van der Waals surface area contributed by atoms with Gasteiger partial charge in [-0.1, -0.05) is 13.8 Å². The van der Waals surface area contributed by atoms with E-state index in [9.17, 15) is 4.79 Å². The Morgan fingerprint density at radius 2 is 2.08 bits per heavy atom. The SMILES string of the molecule is CC(C)c1nn(C)c(C(N)=O)c1N. The van der Waals surface area contributed by atoms with Crippen molar-refractivity contribution in [1.82, 2.24) is 9.78 Å². The van der Waals surface area contributed by atoms with Crippen LogP contribution in [0.15, 0.2) is 0 Å². The first-order valence-electron chi connectivity index (χ1n) is 4.07. The smallest absolute Gasteiger partial charge is 0.269 e. The van der Waals surface area contributed by atoms with E-state index in [-0.39, 0.29) is 11.6 Å². The van der Waals surface area contributed by atoms with E-state index in [1.807, 2.05) is 13.8 Å². The van der Waals surface area contributed by atoms with E-state index in [4.69, 9.17) is 11.5 Å². The summed E-state index contributed by atoms with van der Waals surface area (Å²) in [6, 6.07) is 0. The van der Waals surface area contributed by atoms with Gasteiger partial charge >= 0.3 is 0 Å². The van der Waals surface area contributed by atoms with E-state index >= 15 is 0 Å². The number of carbonyl (C=O) groups is 1. The molecule has 0 aromatic carbocycles. The molecular formula is C8H14N4O. The standard InChI is InChI=1S/C8H14N4O/c1-4(2)6-5(9)7(8(10)13)12(3)11-6/h4H,9H2,1-3H3,(H2,10,13). The van der Waals surface area contributed by atoms with Gasteiger partial charge in [-0.05, 0) is 5.92 Å². The molecule has 0 aliphatic heterocycles. The highest BCUT2D eigenvalue weighted by atomic mass is 16.1. The second kappa shape index (κ2) is 3.08. The molecule has 0 spiro atoms. The molecule has 0 aliphatic rings. The Balaban J connectivity index is 3.30. The molecule has 1 aromatic rings. The van der Waals surface area contributed by atoms with Crippen LogP contribution in [0.3, 0.4) is 0 Å². The third-order valence-electron chi connectivity index (χ3n) is 1.89. The molecule has 1 aromatic heterocycles. The van der Waals surface area contributed by atoms with Crippen LogP contribution in [0.2, 0.25) is 0 Å². The molecule has 72 valence electrons. The van der Waals surface area contributed by atoms with Crippen molar-refractivity contribution in [3.05, 3.63) is 11.4 Å². The fourth-order valence-electron chi connectivity index (χ4n) is 1.28. The lowest BCUT2D eigenvalue weighted by atomic mass is 10.1. The lowest BCUT2D eigenvalue weighted by Crippen LogP contribution is -2.17. The van der Waals surface area contributed by atoms with Crippen LogP contribution in [0.5, 0.6) is 0 Å². The quantitative estimate of drug-likeness (QED) is 0.686. The van der Waals surface area contributed by atoms with Crippen LogP contribution >= 0.6 is 0 Å². The van der Waals surface area contributed by atoms with Gasteiger partial charge in [-0.2, -0.15) is 5.10 Å². The molecule has 1 rings (SSSR count). The molecule has 4 N–H and O–H groups in total. The van der Waals surface area contributed by atoms with Crippen LogP contribution in [-0.2, 0) is 7.05 Å². The van der Waals surface area contributed by atoms with Crippen molar-refractivity contribution in [1.29, 1.82) is 0 Å². The number of aromatic nitrogens is 2. The molecule has 5 heteroatoms. The van der Waals surface area contributed by atoms with Gasteiger partial charge in [0, 0.05) is 7.05 Å². The van der Waals surface area contributed by atoms with Crippen LogP contribution in [0.25, 0.3) is 0 Å². The molecule has 13 heavy (non-hydrogen) atoms. The summed E-state index contributed by atoms with van der Waals surface area (Å²) in [5, 5.41) is 4.12. The zero-order valence-corrected chi connectivity index (χ0v) is 8.03. The highest BCUT2D eigenvalue weighted by Gasteiger charge is 2.18.